The zero-order valence-electron chi connectivity index (χ0n) is 15.3. The van der Waals surface area contributed by atoms with Gasteiger partial charge in [0.2, 0.25) is 0 Å². The molecule has 0 N–H and O–H groups in total. The first kappa shape index (κ1) is 20.4. The standard InChI is InChI=1S/C22H13Cl3N2O3/c23-14-7-5-13(6-8-14)20(28)12-26-19-4-2-1-3-16(19)21(29)27(22(26)30)15-9-10-17(24)18(25)11-15/h1-11H,12H2. The Morgan fingerprint density at radius 2 is 1.53 bits per heavy atom. The van der Waals surface area contributed by atoms with E-state index in [1.165, 1.54) is 22.8 Å². The Kier molecular flexibility index (Phi) is 5.52. The van der Waals surface area contributed by atoms with Crippen LogP contribution in [0.4, 0.5) is 0 Å². The summed E-state index contributed by atoms with van der Waals surface area (Å²) >= 11 is 17.9. The Hall–Kier alpha value is -2.86. The fourth-order valence-corrected chi connectivity index (χ4v) is 3.61. The minimum Gasteiger partial charge on any atom is -0.292 e. The Labute approximate surface area is 185 Å². The highest BCUT2D eigenvalue weighted by atomic mass is 35.5. The van der Waals surface area contributed by atoms with E-state index in [0.29, 0.717) is 26.5 Å². The van der Waals surface area contributed by atoms with Gasteiger partial charge in [0.25, 0.3) is 5.56 Å². The van der Waals surface area contributed by atoms with Crippen molar-refractivity contribution in [3.05, 3.63) is 108 Å². The fourth-order valence-electron chi connectivity index (χ4n) is 3.20. The van der Waals surface area contributed by atoms with Crippen molar-refractivity contribution in [2.75, 3.05) is 0 Å². The number of nitrogens with zero attached hydrogens (tertiary/aromatic N) is 2. The van der Waals surface area contributed by atoms with Crippen LogP contribution in [0.5, 0.6) is 0 Å². The first-order valence-corrected chi connectivity index (χ1v) is 9.99. The van der Waals surface area contributed by atoms with Crippen LogP contribution in [0.15, 0.2) is 76.3 Å². The summed E-state index contributed by atoms with van der Waals surface area (Å²) in [5, 5.41) is 1.30. The van der Waals surface area contributed by atoms with Gasteiger partial charge in [0, 0.05) is 10.6 Å². The lowest BCUT2D eigenvalue weighted by atomic mass is 10.1. The second-order valence-electron chi connectivity index (χ2n) is 6.55. The summed E-state index contributed by atoms with van der Waals surface area (Å²) in [5.74, 6) is -0.293. The summed E-state index contributed by atoms with van der Waals surface area (Å²) in [5.41, 5.74) is -0.129. The lowest BCUT2D eigenvalue weighted by Gasteiger charge is -2.14. The lowest BCUT2D eigenvalue weighted by Crippen LogP contribution is -2.40. The molecule has 3 aromatic carbocycles. The van der Waals surface area contributed by atoms with Crippen LogP contribution in [0.2, 0.25) is 15.1 Å². The molecule has 4 aromatic rings. The average Bonchev–Trinajstić information content (AvgIpc) is 2.74. The van der Waals surface area contributed by atoms with Crippen molar-refractivity contribution in [1.29, 1.82) is 0 Å². The maximum absolute atomic E-state index is 13.3. The van der Waals surface area contributed by atoms with E-state index in [0.717, 1.165) is 4.57 Å². The Balaban J connectivity index is 1.94. The largest absolute Gasteiger partial charge is 0.336 e. The van der Waals surface area contributed by atoms with E-state index in [1.54, 1.807) is 48.5 Å². The minimum absolute atomic E-state index is 0.206. The Morgan fingerprint density at radius 1 is 0.833 bits per heavy atom. The molecule has 0 atom stereocenters. The maximum Gasteiger partial charge on any atom is 0.336 e. The molecule has 0 saturated carbocycles. The number of benzene rings is 3. The van der Waals surface area contributed by atoms with Gasteiger partial charge >= 0.3 is 5.69 Å². The van der Waals surface area contributed by atoms with Gasteiger partial charge in [0.1, 0.15) is 0 Å². The highest BCUT2D eigenvalue weighted by Crippen LogP contribution is 2.24. The topological polar surface area (TPSA) is 61.1 Å². The van der Waals surface area contributed by atoms with E-state index >= 15 is 0 Å². The van der Waals surface area contributed by atoms with Gasteiger partial charge < -0.3 is 0 Å². The molecule has 0 saturated heterocycles. The average molecular weight is 460 g/mol. The fraction of sp³-hybridized carbons (Fsp3) is 0.0455. The summed E-state index contributed by atoms with van der Waals surface area (Å²) in [6.07, 6.45) is 0. The van der Waals surface area contributed by atoms with E-state index in [-0.39, 0.29) is 23.0 Å². The zero-order valence-corrected chi connectivity index (χ0v) is 17.6. The summed E-state index contributed by atoms with van der Waals surface area (Å²) in [6, 6.07) is 17.5. The molecule has 150 valence electrons. The molecule has 1 aromatic heterocycles. The number of fused-ring (bicyclic) bond motifs is 1. The molecule has 4 rings (SSSR count). The van der Waals surface area contributed by atoms with Crippen molar-refractivity contribution in [2.24, 2.45) is 0 Å². The number of aromatic nitrogens is 2. The van der Waals surface area contributed by atoms with Gasteiger partial charge in [-0.2, -0.15) is 0 Å². The van der Waals surface area contributed by atoms with E-state index in [4.69, 9.17) is 34.8 Å². The normalized spacial score (nSPS) is 11.0. The van der Waals surface area contributed by atoms with Crippen LogP contribution in [-0.2, 0) is 6.54 Å². The van der Waals surface area contributed by atoms with Crippen LogP contribution >= 0.6 is 34.8 Å². The van der Waals surface area contributed by atoms with Crippen molar-refractivity contribution in [2.45, 2.75) is 6.54 Å². The number of carbonyl (C=O) groups excluding carboxylic acids is 1. The highest BCUT2D eigenvalue weighted by Gasteiger charge is 2.17. The SMILES string of the molecule is O=C(Cn1c(=O)n(-c2ccc(Cl)c(Cl)c2)c(=O)c2ccccc21)c1ccc(Cl)cc1. The van der Waals surface area contributed by atoms with Crippen molar-refractivity contribution in [1.82, 2.24) is 9.13 Å². The van der Waals surface area contributed by atoms with Crippen LogP contribution in [0, 0.1) is 0 Å². The molecule has 1 heterocycles. The highest BCUT2D eigenvalue weighted by molar-refractivity contribution is 6.42. The van der Waals surface area contributed by atoms with Crippen LogP contribution in [-0.4, -0.2) is 14.9 Å². The molecule has 8 heteroatoms. The molecule has 0 bridgehead atoms. The third-order valence-electron chi connectivity index (χ3n) is 4.68. The number of carbonyl (C=O) groups is 1. The molecular weight excluding hydrogens is 447 g/mol. The Bertz CT molecular complexity index is 1410. The maximum atomic E-state index is 13.3. The number of rotatable bonds is 4. The molecular formula is C22H13Cl3N2O3. The predicted molar refractivity (Wildman–Crippen MR) is 120 cm³/mol. The smallest absolute Gasteiger partial charge is 0.292 e. The van der Waals surface area contributed by atoms with Gasteiger partial charge in [0.05, 0.1) is 33.2 Å². The van der Waals surface area contributed by atoms with Crippen molar-refractivity contribution >= 4 is 51.5 Å². The van der Waals surface area contributed by atoms with Crippen LogP contribution in [0.25, 0.3) is 16.6 Å². The lowest BCUT2D eigenvalue weighted by molar-refractivity contribution is 0.0971. The predicted octanol–water partition coefficient (Wildman–Crippen LogP) is 5.00. The zero-order chi connectivity index (χ0) is 21.4. The van der Waals surface area contributed by atoms with E-state index in [9.17, 15) is 14.4 Å². The molecule has 30 heavy (non-hydrogen) atoms. The van der Waals surface area contributed by atoms with Gasteiger partial charge in [-0.25, -0.2) is 9.36 Å². The Morgan fingerprint density at radius 3 is 2.23 bits per heavy atom. The van der Waals surface area contributed by atoms with Gasteiger partial charge in [-0.15, -0.1) is 0 Å². The number of hydrogen-bond acceptors (Lipinski definition) is 3. The van der Waals surface area contributed by atoms with E-state index < -0.39 is 11.2 Å². The monoisotopic (exact) mass is 458 g/mol. The third-order valence-corrected chi connectivity index (χ3v) is 5.67. The van der Waals surface area contributed by atoms with Gasteiger partial charge in [-0.05, 0) is 54.6 Å². The van der Waals surface area contributed by atoms with E-state index in [1.807, 2.05) is 0 Å². The quantitative estimate of drug-likeness (QED) is 0.404. The van der Waals surface area contributed by atoms with E-state index in [2.05, 4.69) is 0 Å². The summed E-state index contributed by atoms with van der Waals surface area (Å²) < 4.78 is 2.26. The molecule has 0 radical (unpaired) electrons. The van der Waals surface area contributed by atoms with Gasteiger partial charge in [-0.3, -0.25) is 14.2 Å². The molecule has 0 aliphatic rings. The minimum atomic E-state index is -0.653. The number of para-hydroxylation sites is 1. The van der Waals surface area contributed by atoms with Gasteiger partial charge in [-0.1, -0.05) is 46.9 Å². The molecule has 0 aliphatic carbocycles. The second-order valence-corrected chi connectivity index (χ2v) is 7.81. The van der Waals surface area contributed by atoms with Crippen molar-refractivity contribution in [3.63, 3.8) is 0 Å². The summed E-state index contributed by atoms with van der Waals surface area (Å²) in [4.78, 5) is 39.2. The van der Waals surface area contributed by atoms with Crippen LogP contribution < -0.4 is 11.2 Å². The summed E-state index contributed by atoms with van der Waals surface area (Å²) in [7, 11) is 0. The molecule has 0 aliphatic heterocycles. The van der Waals surface area contributed by atoms with Gasteiger partial charge in [0.15, 0.2) is 5.78 Å². The number of halogens is 3. The molecule has 0 spiro atoms. The molecule has 0 amide bonds. The molecule has 0 unspecified atom stereocenters. The second kappa shape index (κ2) is 8.11. The molecule has 0 fully saturated rings. The number of ketones is 1. The first-order valence-electron chi connectivity index (χ1n) is 8.85. The molecule has 5 nitrogen and oxygen atoms in total. The number of Topliss-reactive ketones (excluding diaryl/α,β-unsaturated/α-hetero) is 1. The van der Waals surface area contributed by atoms with Crippen LogP contribution in [0.3, 0.4) is 0 Å². The first-order chi connectivity index (χ1) is 14.4. The van der Waals surface area contributed by atoms with Crippen molar-refractivity contribution < 1.29 is 4.79 Å². The van der Waals surface area contributed by atoms with Crippen molar-refractivity contribution in [3.8, 4) is 5.69 Å². The van der Waals surface area contributed by atoms with Crippen LogP contribution in [0.1, 0.15) is 10.4 Å². The summed E-state index contributed by atoms with van der Waals surface area (Å²) in [6.45, 7) is -0.247. The number of hydrogen-bond donors (Lipinski definition) is 0. The third kappa shape index (κ3) is 3.67.